The number of aromatic nitrogens is 2. The van der Waals surface area contributed by atoms with Gasteiger partial charge >= 0.3 is 0 Å². The number of carbonyl (C=O) groups excluding carboxylic acids is 2. The normalized spacial score (nSPS) is 17.2. The number of amides is 2. The van der Waals surface area contributed by atoms with Crippen molar-refractivity contribution in [2.45, 2.75) is 32.6 Å². The first kappa shape index (κ1) is 16.4. The quantitative estimate of drug-likeness (QED) is 0.829. The van der Waals surface area contributed by atoms with E-state index in [1.165, 1.54) is 12.5 Å². The number of hydrogen-bond acceptors (Lipinski definition) is 5. The van der Waals surface area contributed by atoms with Gasteiger partial charge in [-0.25, -0.2) is 9.97 Å². The van der Waals surface area contributed by atoms with Gasteiger partial charge in [0, 0.05) is 26.0 Å². The van der Waals surface area contributed by atoms with Crippen LogP contribution in [0.1, 0.15) is 48.7 Å². The molecule has 3 N–H and O–H groups in total. The average molecular weight is 306 g/mol. The van der Waals surface area contributed by atoms with Crippen molar-refractivity contribution in [3.63, 3.8) is 0 Å². The molecule has 120 valence electrons. The average Bonchev–Trinajstić information content (AvgIpc) is 2.53. The molecule has 0 spiro atoms. The van der Waals surface area contributed by atoms with Gasteiger partial charge in [-0.1, -0.05) is 13.8 Å². The van der Waals surface area contributed by atoms with Crippen molar-refractivity contribution in [3.8, 4) is 0 Å². The SMILES string of the molecule is CC(C)c1ncncc1C(=O)NCC1(C(N)=O)CCOCC1. The maximum absolute atomic E-state index is 12.4. The molecule has 0 saturated carbocycles. The van der Waals surface area contributed by atoms with Crippen molar-refractivity contribution in [2.75, 3.05) is 19.8 Å². The number of nitrogens with zero attached hydrogens (tertiary/aromatic N) is 2. The van der Waals surface area contributed by atoms with Crippen molar-refractivity contribution in [1.82, 2.24) is 15.3 Å². The van der Waals surface area contributed by atoms with Crippen molar-refractivity contribution in [3.05, 3.63) is 23.8 Å². The molecule has 0 aliphatic carbocycles. The number of carbonyl (C=O) groups is 2. The summed E-state index contributed by atoms with van der Waals surface area (Å²) >= 11 is 0. The highest BCUT2D eigenvalue weighted by molar-refractivity contribution is 5.95. The van der Waals surface area contributed by atoms with E-state index >= 15 is 0 Å². The monoisotopic (exact) mass is 306 g/mol. The number of nitrogens with one attached hydrogen (secondary N) is 1. The maximum Gasteiger partial charge on any atom is 0.254 e. The molecular formula is C15H22N4O3. The molecule has 2 amide bonds. The Bertz CT molecular complexity index is 553. The Hall–Kier alpha value is -2.02. The van der Waals surface area contributed by atoms with E-state index in [-0.39, 0.29) is 18.4 Å². The van der Waals surface area contributed by atoms with Crippen LogP contribution in [-0.4, -0.2) is 41.5 Å². The lowest BCUT2D eigenvalue weighted by Crippen LogP contribution is -2.49. The number of nitrogens with two attached hydrogens (primary N) is 1. The van der Waals surface area contributed by atoms with Gasteiger partial charge < -0.3 is 15.8 Å². The summed E-state index contributed by atoms with van der Waals surface area (Å²) in [5.41, 5.74) is 5.92. The highest BCUT2D eigenvalue weighted by Gasteiger charge is 2.38. The van der Waals surface area contributed by atoms with E-state index in [4.69, 9.17) is 10.5 Å². The predicted octanol–water partition coefficient (Wildman–Crippen LogP) is 0.612. The van der Waals surface area contributed by atoms with Crippen molar-refractivity contribution >= 4 is 11.8 Å². The van der Waals surface area contributed by atoms with Crippen LogP contribution >= 0.6 is 0 Å². The molecule has 1 aromatic heterocycles. The van der Waals surface area contributed by atoms with Gasteiger partial charge in [0.1, 0.15) is 6.33 Å². The molecule has 1 aliphatic heterocycles. The van der Waals surface area contributed by atoms with Crippen LogP contribution in [0.25, 0.3) is 0 Å². The lowest BCUT2D eigenvalue weighted by molar-refractivity contribution is -0.132. The lowest BCUT2D eigenvalue weighted by atomic mass is 9.79. The second-order valence-electron chi connectivity index (χ2n) is 5.92. The van der Waals surface area contributed by atoms with Gasteiger partial charge in [-0.2, -0.15) is 0 Å². The molecular weight excluding hydrogens is 284 g/mol. The van der Waals surface area contributed by atoms with Gasteiger partial charge in [0.15, 0.2) is 0 Å². The summed E-state index contributed by atoms with van der Waals surface area (Å²) in [6.45, 7) is 5.08. The van der Waals surface area contributed by atoms with Crippen LogP contribution in [0, 0.1) is 5.41 Å². The summed E-state index contributed by atoms with van der Waals surface area (Å²) in [4.78, 5) is 32.3. The molecule has 1 saturated heterocycles. The van der Waals surface area contributed by atoms with Crippen molar-refractivity contribution < 1.29 is 14.3 Å². The third kappa shape index (κ3) is 3.41. The number of hydrogen-bond donors (Lipinski definition) is 2. The summed E-state index contributed by atoms with van der Waals surface area (Å²) in [5, 5.41) is 2.81. The summed E-state index contributed by atoms with van der Waals surface area (Å²) in [7, 11) is 0. The molecule has 0 aromatic carbocycles. The number of rotatable bonds is 5. The van der Waals surface area contributed by atoms with Gasteiger partial charge in [-0.3, -0.25) is 9.59 Å². The standard InChI is InChI=1S/C15H22N4O3/c1-10(2)12-11(7-17-9-19-12)13(20)18-8-15(14(16)21)3-5-22-6-4-15/h7,9-10H,3-6,8H2,1-2H3,(H2,16,21)(H,18,20). The van der Waals surface area contributed by atoms with E-state index in [1.54, 1.807) is 0 Å². The molecule has 0 bridgehead atoms. The Morgan fingerprint density at radius 3 is 2.68 bits per heavy atom. The van der Waals surface area contributed by atoms with Crippen LogP contribution < -0.4 is 11.1 Å². The molecule has 22 heavy (non-hydrogen) atoms. The lowest BCUT2D eigenvalue weighted by Gasteiger charge is -2.34. The molecule has 2 rings (SSSR count). The minimum Gasteiger partial charge on any atom is -0.381 e. The molecule has 1 aromatic rings. The van der Waals surface area contributed by atoms with Crippen molar-refractivity contribution in [1.29, 1.82) is 0 Å². The van der Waals surface area contributed by atoms with Crippen LogP contribution in [0.3, 0.4) is 0 Å². The van der Waals surface area contributed by atoms with Gasteiger partial charge in [0.25, 0.3) is 5.91 Å². The van der Waals surface area contributed by atoms with Gasteiger partial charge in [0.05, 0.1) is 16.7 Å². The summed E-state index contributed by atoms with van der Waals surface area (Å²) in [6.07, 6.45) is 3.96. The van der Waals surface area contributed by atoms with E-state index in [0.29, 0.717) is 37.3 Å². The third-order valence-electron chi connectivity index (χ3n) is 4.09. The first-order valence-corrected chi connectivity index (χ1v) is 7.42. The molecule has 2 heterocycles. The zero-order chi connectivity index (χ0) is 16.2. The first-order chi connectivity index (χ1) is 10.5. The first-order valence-electron chi connectivity index (χ1n) is 7.42. The third-order valence-corrected chi connectivity index (χ3v) is 4.09. The van der Waals surface area contributed by atoms with Crippen LogP contribution in [-0.2, 0) is 9.53 Å². The molecule has 0 unspecified atom stereocenters. The smallest absolute Gasteiger partial charge is 0.254 e. The fourth-order valence-corrected chi connectivity index (χ4v) is 2.59. The highest BCUT2D eigenvalue weighted by Crippen LogP contribution is 2.29. The van der Waals surface area contributed by atoms with Gasteiger partial charge in [-0.15, -0.1) is 0 Å². The second-order valence-corrected chi connectivity index (χ2v) is 5.92. The minimum atomic E-state index is -0.735. The van der Waals surface area contributed by atoms with Crippen LogP contribution in [0.15, 0.2) is 12.5 Å². The molecule has 0 atom stereocenters. The summed E-state index contributed by atoms with van der Waals surface area (Å²) < 4.78 is 5.28. The zero-order valence-electron chi connectivity index (χ0n) is 13.0. The Kier molecular flexibility index (Phi) is 5.07. The molecule has 7 heteroatoms. The van der Waals surface area contributed by atoms with Gasteiger partial charge in [0.2, 0.25) is 5.91 Å². The Morgan fingerprint density at radius 1 is 1.41 bits per heavy atom. The van der Waals surface area contributed by atoms with E-state index in [9.17, 15) is 9.59 Å². The fourth-order valence-electron chi connectivity index (χ4n) is 2.59. The highest BCUT2D eigenvalue weighted by atomic mass is 16.5. The Labute approximate surface area is 129 Å². The molecule has 1 fully saturated rings. The van der Waals surface area contributed by atoms with Gasteiger partial charge in [-0.05, 0) is 18.8 Å². The van der Waals surface area contributed by atoms with Crippen LogP contribution in [0.2, 0.25) is 0 Å². The Morgan fingerprint density at radius 2 is 2.09 bits per heavy atom. The molecule has 1 aliphatic rings. The topological polar surface area (TPSA) is 107 Å². The van der Waals surface area contributed by atoms with E-state index in [1.807, 2.05) is 13.8 Å². The largest absolute Gasteiger partial charge is 0.381 e. The van der Waals surface area contributed by atoms with E-state index in [2.05, 4.69) is 15.3 Å². The zero-order valence-corrected chi connectivity index (χ0v) is 13.0. The van der Waals surface area contributed by atoms with Crippen molar-refractivity contribution in [2.24, 2.45) is 11.1 Å². The minimum absolute atomic E-state index is 0.108. The Balaban J connectivity index is 2.10. The second kappa shape index (κ2) is 6.83. The van der Waals surface area contributed by atoms with E-state index in [0.717, 1.165) is 0 Å². The van der Waals surface area contributed by atoms with Crippen LogP contribution in [0.4, 0.5) is 0 Å². The fraction of sp³-hybridized carbons (Fsp3) is 0.600. The summed E-state index contributed by atoms with van der Waals surface area (Å²) in [5.74, 6) is -0.571. The van der Waals surface area contributed by atoms with Crippen LogP contribution in [0.5, 0.6) is 0 Å². The van der Waals surface area contributed by atoms with E-state index < -0.39 is 11.3 Å². The summed E-state index contributed by atoms with van der Waals surface area (Å²) in [6, 6.07) is 0. The molecule has 0 radical (unpaired) electrons. The predicted molar refractivity (Wildman–Crippen MR) is 80.1 cm³/mol. The number of ether oxygens (including phenoxy) is 1. The maximum atomic E-state index is 12.4. The number of primary amides is 1. The molecule has 7 nitrogen and oxygen atoms in total.